The number of aryl methyl sites for hydroxylation is 1. The first-order chi connectivity index (χ1) is 8.39. The minimum Gasteiger partial charge on any atom is -0.460 e. The summed E-state index contributed by atoms with van der Waals surface area (Å²) in [5.74, 6) is 0. The number of hydrazine groups is 1. The number of benzene rings is 1. The van der Waals surface area contributed by atoms with Gasteiger partial charge < -0.3 is 4.74 Å². The molecule has 0 amide bonds. The van der Waals surface area contributed by atoms with E-state index < -0.39 is 15.3 Å². The summed E-state index contributed by atoms with van der Waals surface area (Å²) in [6.07, 6.45) is 0. The Morgan fingerprint density at radius 1 is 1.39 bits per heavy atom. The van der Waals surface area contributed by atoms with E-state index in [-0.39, 0.29) is 4.90 Å². The Hall–Kier alpha value is -1.09. The van der Waals surface area contributed by atoms with E-state index in [1.807, 2.05) is 0 Å². The van der Waals surface area contributed by atoms with Crippen molar-refractivity contribution >= 4 is 27.3 Å². The van der Waals surface area contributed by atoms with Crippen LogP contribution in [0.3, 0.4) is 0 Å². The van der Waals surface area contributed by atoms with Crippen LogP contribution in [0.2, 0.25) is 0 Å². The van der Waals surface area contributed by atoms with Crippen LogP contribution in [-0.2, 0) is 14.8 Å². The summed E-state index contributed by atoms with van der Waals surface area (Å²) in [6, 6.07) is 6.60. The van der Waals surface area contributed by atoms with Crippen LogP contribution < -0.4 is 4.83 Å². The molecule has 0 saturated carbocycles. The molecular weight excluding hydrogens is 276 g/mol. The zero-order chi connectivity index (χ0) is 13.8. The normalized spacial score (nSPS) is 11.6. The SMILES string of the molecule is COC(=O)SNN(C)S(=O)(=O)c1ccccc1C. The van der Waals surface area contributed by atoms with E-state index in [0.29, 0.717) is 17.5 Å². The Bertz CT molecular complexity index is 530. The van der Waals surface area contributed by atoms with Crippen molar-refractivity contribution in [1.29, 1.82) is 0 Å². The van der Waals surface area contributed by atoms with Crippen LogP contribution in [0.25, 0.3) is 0 Å². The van der Waals surface area contributed by atoms with Crippen molar-refractivity contribution in [3.05, 3.63) is 29.8 Å². The van der Waals surface area contributed by atoms with Crippen molar-refractivity contribution in [3.8, 4) is 0 Å². The number of carbonyl (C=O) groups is 1. The lowest BCUT2D eigenvalue weighted by Gasteiger charge is -2.17. The molecule has 0 fully saturated rings. The van der Waals surface area contributed by atoms with Gasteiger partial charge in [-0.15, -0.1) is 4.41 Å². The number of hydrogen-bond acceptors (Lipinski definition) is 6. The number of ether oxygens (including phenoxy) is 1. The highest BCUT2D eigenvalue weighted by molar-refractivity contribution is 8.11. The van der Waals surface area contributed by atoms with Crippen LogP contribution >= 0.6 is 11.9 Å². The maximum atomic E-state index is 12.2. The molecule has 1 aromatic carbocycles. The van der Waals surface area contributed by atoms with Crippen molar-refractivity contribution in [2.75, 3.05) is 14.2 Å². The number of carbonyl (C=O) groups excluding carboxylic acids is 1. The maximum Gasteiger partial charge on any atom is 0.383 e. The van der Waals surface area contributed by atoms with Gasteiger partial charge in [0.2, 0.25) is 0 Å². The molecule has 8 heteroatoms. The average molecular weight is 290 g/mol. The average Bonchev–Trinajstić information content (AvgIpc) is 2.35. The summed E-state index contributed by atoms with van der Waals surface area (Å²) < 4.78 is 29.6. The van der Waals surface area contributed by atoms with Gasteiger partial charge in [0.1, 0.15) is 0 Å². The Kier molecular flexibility index (Phi) is 5.15. The summed E-state index contributed by atoms with van der Waals surface area (Å²) in [5, 5.41) is -0.623. The summed E-state index contributed by atoms with van der Waals surface area (Å²) in [4.78, 5) is 13.5. The molecule has 0 radical (unpaired) electrons. The molecule has 1 rings (SSSR count). The van der Waals surface area contributed by atoms with Gasteiger partial charge in [0.25, 0.3) is 10.0 Å². The number of sulfonamides is 1. The molecule has 0 aliphatic carbocycles. The molecule has 18 heavy (non-hydrogen) atoms. The lowest BCUT2D eigenvalue weighted by atomic mass is 10.2. The fraction of sp³-hybridized carbons (Fsp3) is 0.300. The van der Waals surface area contributed by atoms with Crippen LogP contribution in [0, 0.1) is 6.92 Å². The number of nitrogens with zero attached hydrogens (tertiary/aromatic N) is 1. The van der Waals surface area contributed by atoms with Crippen LogP contribution in [0.1, 0.15) is 5.56 Å². The molecule has 0 aliphatic heterocycles. The van der Waals surface area contributed by atoms with Crippen LogP contribution in [0.5, 0.6) is 0 Å². The molecule has 0 heterocycles. The first kappa shape index (κ1) is 15.0. The third-order valence-electron chi connectivity index (χ3n) is 2.16. The molecule has 0 unspecified atom stereocenters. The first-order valence-corrected chi connectivity index (χ1v) is 7.20. The van der Waals surface area contributed by atoms with Crippen molar-refractivity contribution in [3.63, 3.8) is 0 Å². The van der Waals surface area contributed by atoms with Gasteiger partial charge in [-0.25, -0.2) is 13.2 Å². The summed E-state index contributed by atoms with van der Waals surface area (Å²) in [6.45, 7) is 1.70. The Balaban J connectivity index is 2.87. The van der Waals surface area contributed by atoms with Crippen LogP contribution in [-0.4, -0.2) is 32.3 Å². The number of methoxy groups -OCH3 is 1. The zero-order valence-corrected chi connectivity index (χ0v) is 11.8. The molecule has 1 N–H and O–H groups in total. The lowest BCUT2D eigenvalue weighted by molar-refractivity contribution is 0.200. The molecule has 0 atom stereocenters. The Morgan fingerprint density at radius 2 is 2.00 bits per heavy atom. The maximum absolute atomic E-state index is 12.2. The van der Waals surface area contributed by atoms with Crippen molar-refractivity contribution < 1.29 is 17.9 Å². The van der Waals surface area contributed by atoms with Gasteiger partial charge in [0, 0.05) is 7.05 Å². The Labute approximate surface area is 110 Å². The van der Waals surface area contributed by atoms with Gasteiger partial charge in [0.05, 0.1) is 24.0 Å². The largest absolute Gasteiger partial charge is 0.460 e. The summed E-state index contributed by atoms with van der Waals surface area (Å²) >= 11 is 0.548. The fourth-order valence-electron chi connectivity index (χ4n) is 1.19. The molecular formula is C10H14N2O4S2. The van der Waals surface area contributed by atoms with Crippen molar-refractivity contribution in [2.45, 2.75) is 11.8 Å². The monoisotopic (exact) mass is 290 g/mol. The predicted octanol–water partition coefficient (Wildman–Crippen LogP) is 1.53. The third kappa shape index (κ3) is 3.45. The molecule has 1 aromatic rings. The van der Waals surface area contributed by atoms with Crippen molar-refractivity contribution in [1.82, 2.24) is 9.25 Å². The molecule has 0 spiro atoms. The molecule has 0 aromatic heterocycles. The van der Waals surface area contributed by atoms with Gasteiger partial charge >= 0.3 is 5.30 Å². The van der Waals surface area contributed by atoms with E-state index in [1.165, 1.54) is 20.2 Å². The standard InChI is InChI=1S/C10H14N2O4S2/c1-8-6-4-5-7-9(8)18(14,15)12(2)11-17-10(13)16-3/h4-7,11H,1-3H3. The lowest BCUT2D eigenvalue weighted by Crippen LogP contribution is -2.36. The highest BCUT2D eigenvalue weighted by atomic mass is 32.2. The van der Waals surface area contributed by atoms with Gasteiger partial charge in [-0.2, -0.15) is 4.83 Å². The first-order valence-electron chi connectivity index (χ1n) is 4.94. The molecule has 0 saturated heterocycles. The molecule has 0 bridgehead atoms. The number of nitrogens with one attached hydrogen (secondary N) is 1. The van der Waals surface area contributed by atoms with E-state index >= 15 is 0 Å². The highest BCUT2D eigenvalue weighted by Gasteiger charge is 2.23. The number of hydrogen-bond donors (Lipinski definition) is 1. The fourth-order valence-corrected chi connectivity index (χ4v) is 3.00. The Morgan fingerprint density at radius 3 is 2.56 bits per heavy atom. The van der Waals surface area contributed by atoms with E-state index in [2.05, 4.69) is 9.57 Å². The number of rotatable bonds is 4. The summed E-state index contributed by atoms with van der Waals surface area (Å²) in [7, 11) is -1.15. The quantitative estimate of drug-likeness (QED) is 0.515. The van der Waals surface area contributed by atoms with Crippen LogP contribution in [0.15, 0.2) is 29.2 Å². The zero-order valence-electron chi connectivity index (χ0n) is 10.2. The van der Waals surface area contributed by atoms with Gasteiger partial charge in [-0.3, -0.25) is 0 Å². The third-order valence-corrected chi connectivity index (χ3v) is 4.80. The minimum absolute atomic E-state index is 0.186. The van der Waals surface area contributed by atoms with Crippen molar-refractivity contribution in [2.24, 2.45) is 0 Å². The van der Waals surface area contributed by atoms with Gasteiger partial charge in [0.15, 0.2) is 0 Å². The summed E-state index contributed by atoms with van der Waals surface area (Å²) in [5.41, 5.74) is 0.634. The topological polar surface area (TPSA) is 75.7 Å². The second kappa shape index (κ2) is 6.19. The minimum atomic E-state index is -3.68. The van der Waals surface area contributed by atoms with E-state index in [9.17, 15) is 13.2 Å². The second-order valence-corrected chi connectivity index (χ2v) is 6.04. The van der Waals surface area contributed by atoms with Crippen LogP contribution in [0.4, 0.5) is 4.79 Å². The molecule has 100 valence electrons. The second-order valence-electron chi connectivity index (χ2n) is 3.39. The smallest absolute Gasteiger partial charge is 0.383 e. The van der Waals surface area contributed by atoms with Gasteiger partial charge in [-0.1, -0.05) is 18.2 Å². The van der Waals surface area contributed by atoms with E-state index in [1.54, 1.807) is 25.1 Å². The van der Waals surface area contributed by atoms with E-state index in [4.69, 9.17) is 0 Å². The molecule has 0 aliphatic rings. The van der Waals surface area contributed by atoms with E-state index in [0.717, 1.165) is 4.41 Å². The highest BCUT2D eigenvalue weighted by Crippen LogP contribution is 2.18. The molecule has 6 nitrogen and oxygen atoms in total. The van der Waals surface area contributed by atoms with Gasteiger partial charge in [-0.05, 0) is 18.6 Å². The predicted molar refractivity (Wildman–Crippen MR) is 69.3 cm³/mol.